The molecule has 0 unspecified atom stereocenters. The van der Waals surface area contributed by atoms with E-state index in [1.165, 1.54) is 5.56 Å². The summed E-state index contributed by atoms with van der Waals surface area (Å²) in [6, 6.07) is 14.8. The molecule has 1 aliphatic rings. The van der Waals surface area contributed by atoms with Gasteiger partial charge < -0.3 is 10.0 Å². The van der Waals surface area contributed by atoms with Crippen LogP contribution in [0.3, 0.4) is 0 Å². The predicted molar refractivity (Wildman–Crippen MR) is 102 cm³/mol. The second-order valence-electron chi connectivity index (χ2n) is 6.67. The van der Waals surface area contributed by atoms with Crippen LogP contribution in [0, 0.1) is 0 Å². The van der Waals surface area contributed by atoms with Gasteiger partial charge in [-0.15, -0.1) is 0 Å². The minimum Gasteiger partial charge on any atom is -0.478 e. The number of likely N-dealkylation sites (tertiary alicyclic amines) is 1. The van der Waals surface area contributed by atoms with Crippen molar-refractivity contribution in [3.05, 3.63) is 70.2 Å². The van der Waals surface area contributed by atoms with Gasteiger partial charge in [-0.1, -0.05) is 41.9 Å². The van der Waals surface area contributed by atoms with E-state index in [2.05, 4.69) is 12.1 Å². The highest BCUT2D eigenvalue weighted by Gasteiger charge is 2.24. The van der Waals surface area contributed by atoms with Crippen LogP contribution in [-0.2, 0) is 11.2 Å². The fourth-order valence-electron chi connectivity index (χ4n) is 3.54. The second kappa shape index (κ2) is 8.37. The highest BCUT2D eigenvalue weighted by Crippen LogP contribution is 2.29. The number of aryl methyl sites for hydroxylation is 1. The minimum atomic E-state index is -0.947. The average molecular weight is 372 g/mol. The molecule has 0 radical (unpaired) electrons. The van der Waals surface area contributed by atoms with E-state index in [1.54, 1.807) is 18.2 Å². The highest BCUT2D eigenvalue weighted by molar-refractivity contribution is 6.30. The first-order chi connectivity index (χ1) is 12.5. The molecular weight excluding hydrogens is 350 g/mol. The third-order valence-corrected chi connectivity index (χ3v) is 5.30. The molecule has 1 N–H and O–H groups in total. The van der Waals surface area contributed by atoms with Crippen molar-refractivity contribution in [2.45, 2.75) is 31.6 Å². The van der Waals surface area contributed by atoms with Gasteiger partial charge in [-0.3, -0.25) is 4.79 Å². The van der Waals surface area contributed by atoms with E-state index < -0.39 is 5.97 Å². The highest BCUT2D eigenvalue weighted by atomic mass is 35.5. The Kier molecular flexibility index (Phi) is 5.94. The smallest absolute Gasteiger partial charge is 0.335 e. The molecule has 1 heterocycles. The number of piperidine rings is 1. The number of hydrogen-bond donors (Lipinski definition) is 1. The zero-order valence-corrected chi connectivity index (χ0v) is 15.3. The summed E-state index contributed by atoms with van der Waals surface area (Å²) in [5.41, 5.74) is 2.27. The number of carboxylic acid groups (broad SMARTS) is 1. The van der Waals surface area contributed by atoms with Gasteiger partial charge in [-0.2, -0.15) is 0 Å². The van der Waals surface area contributed by atoms with Crippen LogP contribution in [0.15, 0.2) is 48.5 Å². The summed E-state index contributed by atoms with van der Waals surface area (Å²) < 4.78 is 0. The van der Waals surface area contributed by atoms with E-state index in [9.17, 15) is 14.7 Å². The summed E-state index contributed by atoms with van der Waals surface area (Å²) in [5.74, 6) is -0.388. The van der Waals surface area contributed by atoms with Gasteiger partial charge in [0.25, 0.3) is 0 Å². The summed E-state index contributed by atoms with van der Waals surface area (Å²) >= 11 is 5.94. The van der Waals surface area contributed by atoms with Gasteiger partial charge in [-0.05, 0) is 54.5 Å². The van der Waals surface area contributed by atoms with E-state index in [1.807, 2.05) is 23.1 Å². The van der Waals surface area contributed by atoms with E-state index in [0.717, 1.165) is 31.0 Å². The zero-order valence-electron chi connectivity index (χ0n) is 14.5. The number of amides is 1. The Morgan fingerprint density at radius 3 is 2.35 bits per heavy atom. The third kappa shape index (κ3) is 4.44. The molecule has 4 nitrogen and oxygen atoms in total. The number of rotatable bonds is 5. The molecule has 0 aliphatic carbocycles. The summed E-state index contributed by atoms with van der Waals surface area (Å²) in [6.45, 7) is 1.49. The monoisotopic (exact) mass is 371 g/mol. The fraction of sp³-hybridized carbons (Fsp3) is 0.333. The number of aromatic carboxylic acids is 1. The molecule has 1 fully saturated rings. The molecule has 1 aliphatic heterocycles. The fourth-order valence-corrected chi connectivity index (χ4v) is 3.67. The molecule has 2 aromatic carbocycles. The van der Waals surface area contributed by atoms with Crippen LogP contribution in [0.25, 0.3) is 0 Å². The molecule has 1 saturated heterocycles. The standard InChI is InChI=1S/C21H22ClNO3/c22-18-8-5-15(6-9-18)16-11-13-23(14-12-16)20(24)10-7-17-3-1-2-4-19(17)21(25)26/h1-6,8-9,16H,7,10-14H2,(H,25,26). The first-order valence-electron chi connectivity index (χ1n) is 8.89. The molecule has 0 bridgehead atoms. The van der Waals surface area contributed by atoms with E-state index >= 15 is 0 Å². The molecule has 1 amide bonds. The number of benzene rings is 2. The Balaban J connectivity index is 1.53. The van der Waals surface area contributed by atoms with Crippen LogP contribution >= 0.6 is 11.6 Å². The molecule has 3 rings (SSSR count). The van der Waals surface area contributed by atoms with Crippen LogP contribution in [0.5, 0.6) is 0 Å². The van der Waals surface area contributed by atoms with E-state index in [4.69, 9.17) is 11.6 Å². The van der Waals surface area contributed by atoms with Crippen molar-refractivity contribution in [2.75, 3.05) is 13.1 Å². The van der Waals surface area contributed by atoms with Crippen LogP contribution in [0.1, 0.15) is 46.7 Å². The Bertz CT molecular complexity index is 780. The molecule has 5 heteroatoms. The molecule has 26 heavy (non-hydrogen) atoms. The van der Waals surface area contributed by atoms with Crippen molar-refractivity contribution >= 4 is 23.5 Å². The van der Waals surface area contributed by atoms with E-state index in [0.29, 0.717) is 24.3 Å². The summed E-state index contributed by atoms with van der Waals surface area (Å²) in [6.07, 6.45) is 2.69. The summed E-state index contributed by atoms with van der Waals surface area (Å²) in [4.78, 5) is 25.7. The average Bonchev–Trinajstić information content (AvgIpc) is 2.67. The van der Waals surface area contributed by atoms with Crippen molar-refractivity contribution in [1.82, 2.24) is 4.90 Å². The Labute approximate surface area is 158 Å². The van der Waals surface area contributed by atoms with Crippen LogP contribution in [-0.4, -0.2) is 35.0 Å². The lowest BCUT2D eigenvalue weighted by Crippen LogP contribution is -2.38. The molecule has 0 saturated carbocycles. The number of carboxylic acids is 1. The minimum absolute atomic E-state index is 0.0970. The van der Waals surface area contributed by atoms with Gasteiger partial charge >= 0.3 is 5.97 Å². The first kappa shape index (κ1) is 18.5. The van der Waals surface area contributed by atoms with Crippen LogP contribution in [0.2, 0.25) is 5.02 Å². The molecule has 0 atom stereocenters. The maximum absolute atomic E-state index is 12.5. The van der Waals surface area contributed by atoms with Gasteiger partial charge in [0.2, 0.25) is 5.91 Å². The van der Waals surface area contributed by atoms with Gasteiger partial charge in [0, 0.05) is 24.5 Å². The predicted octanol–water partition coefficient (Wildman–Crippen LogP) is 4.38. The Morgan fingerprint density at radius 1 is 1.04 bits per heavy atom. The number of carbonyl (C=O) groups is 2. The number of hydrogen-bond acceptors (Lipinski definition) is 2. The largest absolute Gasteiger partial charge is 0.478 e. The van der Waals surface area contributed by atoms with Crippen molar-refractivity contribution in [1.29, 1.82) is 0 Å². The zero-order chi connectivity index (χ0) is 18.5. The summed E-state index contributed by atoms with van der Waals surface area (Å²) in [5, 5.41) is 9.97. The lowest BCUT2D eigenvalue weighted by molar-refractivity contribution is -0.132. The van der Waals surface area contributed by atoms with Gasteiger partial charge in [-0.25, -0.2) is 4.79 Å². The number of halogens is 1. The van der Waals surface area contributed by atoms with Crippen molar-refractivity contribution in [2.24, 2.45) is 0 Å². The first-order valence-corrected chi connectivity index (χ1v) is 9.27. The maximum atomic E-state index is 12.5. The lowest BCUT2D eigenvalue weighted by atomic mass is 9.89. The SMILES string of the molecule is O=C(O)c1ccccc1CCC(=O)N1CCC(c2ccc(Cl)cc2)CC1. The van der Waals surface area contributed by atoms with Crippen LogP contribution < -0.4 is 0 Å². The van der Waals surface area contributed by atoms with E-state index in [-0.39, 0.29) is 11.5 Å². The van der Waals surface area contributed by atoms with Gasteiger partial charge in [0.05, 0.1) is 5.56 Å². The number of carbonyl (C=O) groups excluding carboxylic acids is 1. The Morgan fingerprint density at radius 2 is 1.69 bits per heavy atom. The number of nitrogens with zero attached hydrogens (tertiary/aromatic N) is 1. The molecule has 136 valence electrons. The Hall–Kier alpha value is -2.33. The van der Waals surface area contributed by atoms with Gasteiger partial charge in [0.1, 0.15) is 0 Å². The third-order valence-electron chi connectivity index (χ3n) is 5.05. The lowest BCUT2D eigenvalue weighted by Gasteiger charge is -2.32. The molecule has 2 aromatic rings. The van der Waals surface area contributed by atoms with Crippen molar-refractivity contribution in [3.63, 3.8) is 0 Å². The second-order valence-corrected chi connectivity index (χ2v) is 7.11. The molecule has 0 spiro atoms. The van der Waals surface area contributed by atoms with Crippen LogP contribution in [0.4, 0.5) is 0 Å². The maximum Gasteiger partial charge on any atom is 0.335 e. The molecule has 0 aromatic heterocycles. The van der Waals surface area contributed by atoms with Crippen molar-refractivity contribution < 1.29 is 14.7 Å². The normalized spacial score (nSPS) is 15.0. The van der Waals surface area contributed by atoms with Crippen molar-refractivity contribution in [3.8, 4) is 0 Å². The quantitative estimate of drug-likeness (QED) is 0.848. The van der Waals surface area contributed by atoms with Gasteiger partial charge in [0.15, 0.2) is 0 Å². The summed E-state index contributed by atoms with van der Waals surface area (Å²) in [7, 11) is 0. The molecular formula is C21H22ClNO3. The topological polar surface area (TPSA) is 57.6 Å².